The SMILES string of the molecule is Fc1ccc(CNCCc2ncno2)cc1. The van der Waals surface area contributed by atoms with Crippen molar-refractivity contribution in [3.8, 4) is 0 Å². The lowest BCUT2D eigenvalue weighted by molar-refractivity contribution is 0.375. The Kier molecular flexibility index (Phi) is 3.61. The average Bonchev–Trinajstić information content (AvgIpc) is 2.80. The summed E-state index contributed by atoms with van der Waals surface area (Å²) in [5.41, 5.74) is 1.05. The molecule has 1 aromatic carbocycles. The minimum absolute atomic E-state index is 0.213. The van der Waals surface area contributed by atoms with Gasteiger partial charge >= 0.3 is 0 Å². The van der Waals surface area contributed by atoms with Crippen LogP contribution < -0.4 is 5.32 Å². The molecule has 5 heteroatoms. The topological polar surface area (TPSA) is 51.0 Å². The van der Waals surface area contributed by atoms with Crippen LogP contribution in [0.15, 0.2) is 35.1 Å². The molecule has 0 bridgehead atoms. The quantitative estimate of drug-likeness (QED) is 0.778. The second kappa shape index (κ2) is 5.37. The number of aromatic nitrogens is 2. The van der Waals surface area contributed by atoms with Crippen molar-refractivity contribution in [2.24, 2.45) is 0 Å². The number of hydrogen-bond donors (Lipinski definition) is 1. The van der Waals surface area contributed by atoms with Crippen molar-refractivity contribution < 1.29 is 8.91 Å². The summed E-state index contributed by atoms with van der Waals surface area (Å²) in [5, 5.41) is 6.72. The molecule has 0 aliphatic rings. The van der Waals surface area contributed by atoms with Gasteiger partial charge in [0.2, 0.25) is 5.89 Å². The smallest absolute Gasteiger partial charge is 0.227 e. The molecule has 16 heavy (non-hydrogen) atoms. The van der Waals surface area contributed by atoms with Crippen LogP contribution in [-0.2, 0) is 13.0 Å². The van der Waals surface area contributed by atoms with Gasteiger partial charge in [0.05, 0.1) is 0 Å². The van der Waals surface area contributed by atoms with Crippen LogP contribution in [0.25, 0.3) is 0 Å². The molecule has 0 unspecified atom stereocenters. The number of nitrogens with zero attached hydrogens (tertiary/aromatic N) is 2. The predicted molar refractivity (Wildman–Crippen MR) is 56.1 cm³/mol. The van der Waals surface area contributed by atoms with Crippen molar-refractivity contribution in [3.05, 3.63) is 47.9 Å². The predicted octanol–water partition coefficient (Wildman–Crippen LogP) is 1.54. The monoisotopic (exact) mass is 221 g/mol. The van der Waals surface area contributed by atoms with Crippen molar-refractivity contribution in [1.82, 2.24) is 15.5 Å². The molecule has 0 aliphatic carbocycles. The molecule has 0 saturated carbocycles. The molecule has 2 rings (SSSR count). The largest absolute Gasteiger partial charge is 0.340 e. The van der Waals surface area contributed by atoms with E-state index in [9.17, 15) is 4.39 Å². The minimum atomic E-state index is -0.213. The van der Waals surface area contributed by atoms with Gasteiger partial charge in [0.1, 0.15) is 5.82 Å². The fourth-order valence-corrected chi connectivity index (χ4v) is 1.34. The van der Waals surface area contributed by atoms with E-state index in [1.54, 1.807) is 12.1 Å². The lowest BCUT2D eigenvalue weighted by atomic mass is 10.2. The minimum Gasteiger partial charge on any atom is -0.340 e. The molecule has 0 spiro atoms. The summed E-state index contributed by atoms with van der Waals surface area (Å²) in [6.45, 7) is 1.45. The second-order valence-electron chi connectivity index (χ2n) is 3.39. The molecule has 2 aromatic rings. The Morgan fingerprint density at radius 1 is 1.25 bits per heavy atom. The maximum absolute atomic E-state index is 12.6. The van der Waals surface area contributed by atoms with Gasteiger partial charge in [0, 0.05) is 19.5 Å². The Labute approximate surface area is 92.5 Å². The maximum Gasteiger partial charge on any atom is 0.227 e. The standard InChI is InChI=1S/C11H12FN3O/c12-10-3-1-9(2-4-10)7-13-6-5-11-14-8-15-16-11/h1-4,8,13H,5-7H2. The summed E-state index contributed by atoms with van der Waals surface area (Å²) >= 11 is 0. The summed E-state index contributed by atoms with van der Waals surface area (Å²) < 4.78 is 17.5. The average molecular weight is 221 g/mol. The van der Waals surface area contributed by atoms with E-state index in [1.165, 1.54) is 18.5 Å². The van der Waals surface area contributed by atoms with Crippen LogP contribution in [0.1, 0.15) is 11.5 Å². The first-order chi connectivity index (χ1) is 7.84. The van der Waals surface area contributed by atoms with Gasteiger partial charge in [0.25, 0.3) is 0 Å². The molecule has 1 heterocycles. The zero-order valence-corrected chi connectivity index (χ0v) is 8.69. The summed E-state index contributed by atoms with van der Waals surface area (Å²) in [6, 6.07) is 6.42. The van der Waals surface area contributed by atoms with Gasteiger partial charge in [-0.05, 0) is 17.7 Å². The molecular weight excluding hydrogens is 209 g/mol. The number of nitrogens with one attached hydrogen (secondary N) is 1. The third kappa shape index (κ3) is 3.13. The number of halogens is 1. The fourth-order valence-electron chi connectivity index (χ4n) is 1.34. The van der Waals surface area contributed by atoms with E-state index < -0.39 is 0 Å². The number of hydrogen-bond acceptors (Lipinski definition) is 4. The Morgan fingerprint density at radius 3 is 2.75 bits per heavy atom. The molecule has 1 N–H and O–H groups in total. The highest BCUT2D eigenvalue weighted by Gasteiger charge is 1.98. The van der Waals surface area contributed by atoms with E-state index in [2.05, 4.69) is 15.5 Å². The van der Waals surface area contributed by atoms with Gasteiger partial charge in [-0.15, -0.1) is 0 Å². The second-order valence-corrected chi connectivity index (χ2v) is 3.39. The third-order valence-electron chi connectivity index (χ3n) is 2.16. The van der Waals surface area contributed by atoms with Crippen molar-refractivity contribution in [2.45, 2.75) is 13.0 Å². The highest BCUT2D eigenvalue weighted by Crippen LogP contribution is 2.02. The highest BCUT2D eigenvalue weighted by molar-refractivity contribution is 5.15. The Morgan fingerprint density at radius 2 is 2.06 bits per heavy atom. The highest BCUT2D eigenvalue weighted by atomic mass is 19.1. The van der Waals surface area contributed by atoms with Gasteiger partial charge < -0.3 is 9.84 Å². The molecule has 0 saturated heterocycles. The van der Waals surface area contributed by atoms with Crippen molar-refractivity contribution in [3.63, 3.8) is 0 Å². The Balaban J connectivity index is 1.70. The molecule has 1 aromatic heterocycles. The number of benzene rings is 1. The van der Waals surface area contributed by atoms with Gasteiger partial charge in [-0.3, -0.25) is 0 Å². The number of rotatable bonds is 5. The lowest BCUT2D eigenvalue weighted by Gasteiger charge is -2.02. The van der Waals surface area contributed by atoms with E-state index in [0.717, 1.165) is 12.1 Å². The Hall–Kier alpha value is -1.75. The fraction of sp³-hybridized carbons (Fsp3) is 0.273. The molecule has 0 amide bonds. The molecule has 0 fully saturated rings. The normalized spacial score (nSPS) is 10.6. The molecule has 4 nitrogen and oxygen atoms in total. The molecule has 84 valence electrons. The van der Waals surface area contributed by atoms with Crippen molar-refractivity contribution >= 4 is 0 Å². The van der Waals surface area contributed by atoms with Gasteiger partial charge in [-0.2, -0.15) is 4.98 Å². The first-order valence-electron chi connectivity index (χ1n) is 5.05. The summed E-state index contributed by atoms with van der Waals surface area (Å²) in [5.74, 6) is 0.404. The van der Waals surface area contributed by atoms with Crippen LogP contribution in [0.2, 0.25) is 0 Å². The van der Waals surface area contributed by atoms with Gasteiger partial charge in [0.15, 0.2) is 6.33 Å². The first kappa shape index (κ1) is 10.8. The summed E-state index contributed by atoms with van der Waals surface area (Å²) in [4.78, 5) is 3.91. The van der Waals surface area contributed by atoms with E-state index in [-0.39, 0.29) is 5.82 Å². The van der Waals surface area contributed by atoms with Crippen LogP contribution in [0.4, 0.5) is 4.39 Å². The molecule has 0 aliphatic heterocycles. The lowest BCUT2D eigenvalue weighted by Crippen LogP contribution is -2.16. The molecule has 0 radical (unpaired) electrons. The zero-order valence-electron chi connectivity index (χ0n) is 8.69. The van der Waals surface area contributed by atoms with E-state index in [4.69, 9.17) is 4.52 Å². The summed E-state index contributed by atoms with van der Waals surface area (Å²) in [7, 11) is 0. The van der Waals surface area contributed by atoms with Crippen LogP contribution in [0.3, 0.4) is 0 Å². The third-order valence-corrected chi connectivity index (χ3v) is 2.16. The van der Waals surface area contributed by atoms with Crippen molar-refractivity contribution in [1.29, 1.82) is 0 Å². The van der Waals surface area contributed by atoms with Crippen LogP contribution in [-0.4, -0.2) is 16.7 Å². The summed E-state index contributed by atoms with van der Waals surface area (Å²) in [6.07, 6.45) is 2.08. The van der Waals surface area contributed by atoms with Crippen LogP contribution >= 0.6 is 0 Å². The Bertz CT molecular complexity index is 413. The van der Waals surface area contributed by atoms with Crippen LogP contribution in [0, 0.1) is 5.82 Å². The molecular formula is C11H12FN3O. The van der Waals surface area contributed by atoms with E-state index >= 15 is 0 Å². The van der Waals surface area contributed by atoms with E-state index in [0.29, 0.717) is 18.9 Å². The van der Waals surface area contributed by atoms with Gasteiger partial charge in [-0.1, -0.05) is 17.3 Å². The van der Waals surface area contributed by atoms with E-state index in [1.807, 2.05) is 0 Å². The van der Waals surface area contributed by atoms with Gasteiger partial charge in [-0.25, -0.2) is 4.39 Å². The van der Waals surface area contributed by atoms with Crippen LogP contribution in [0.5, 0.6) is 0 Å². The maximum atomic E-state index is 12.6. The molecule has 0 atom stereocenters. The zero-order chi connectivity index (χ0) is 11.2. The van der Waals surface area contributed by atoms with Crippen molar-refractivity contribution in [2.75, 3.05) is 6.54 Å². The first-order valence-corrected chi connectivity index (χ1v) is 5.05.